The highest BCUT2D eigenvalue weighted by molar-refractivity contribution is 9.10. The van der Waals surface area contributed by atoms with Crippen LogP contribution in [0.25, 0.3) is 0 Å². The first kappa shape index (κ1) is 15.2. The number of nitrogens with two attached hydrogens (primary N) is 1. The number of hydrogen-bond donors (Lipinski definition) is 2. The number of sulfonamides is 1. The molecule has 0 aliphatic heterocycles. The van der Waals surface area contributed by atoms with Crippen LogP contribution in [-0.4, -0.2) is 8.42 Å². The summed E-state index contributed by atoms with van der Waals surface area (Å²) < 4.78 is 28.0. The van der Waals surface area contributed by atoms with E-state index < -0.39 is 10.0 Å². The van der Waals surface area contributed by atoms with E-state index in [1.165, 1.54) is 18.2 Å². The molecule has 0 spiro atoms. The SMILES string of the molecule is Cc1cc(Br)ccc1NS(=O)(=O)c1ccc(Cl)c(N)c1. The molecule has 0 amide bonds. The first-order chi connectivity index (χ1) is 9.29. The Labute approximate surface area is 131 Å². The molecule has 0 heterocycles. The van der Waals surface area contributed by atoms with Gasteiger partial charge < -0.3 is 5.73 Å². The van der Waals surface area contributed by atoms with Crippen molar-refractivity contribution >= 4 is 48.9 Å². The van der Waals surface area contributed by atoms with Crippen molar-refractivity contribution in [3.05, 3.63) is 51.5 Å². The molecule has 0 saturated heterocycles. The number of rotatable bonds is 3. The van der Waals surface area contributed by atoms with E-state index >= 15 is 0 Å². The molecular weight excluding hydrogens is 364 g/mol. The van der Waals surface area contributed by atoms with Gasteiger partial charge in [0.15, 0.2) is 0 Å². The smallest absolute Gasteiger partial charge is 0.261 e. The summed E-state index contributed by atoms with van der Waals surface area (Å²) in [5.74, 6) is 0. The maximum atomic E-state index is 12.3. The highest BCUT2D eigenvalue weighted by atomic mass is 79.9. The number of halogens is 2. The van der Waals surface area contributed by atoms with Crippen LogP contribution in [-0.2, 0) is 10.0 Å². The van der Waals surface area contributed by atoms with E-state index in [0.29, 0.717) is 10.7 Å². The van der Waals surface area contributed by atoms with Crippen molar-refractivity contribution in [1.82, 2.24) is 0 Å². The molecule has 7 heteroatoms. The standard InChI is InChI=1S/C13H12BrClN2O2S/c1-8-6-9(14)2-5-13(8)17-20(18,19)10-3-4-11(15)12(16)7-10/h2-7,17H,16H2,1H3. The molecule has 20 heavy (non-hydrogen) atoms. The van der Waals surface area contributed by atoms with Crippen molar-refractivity contribution in [2.24, 2.45) is 0 Å². The number of benzene rings is 2. The van der Waals surface area contributed by atoms with Crippen molar-refractivity contribution in [2.75, 3.05) is 10.5 Å². The van der Waals surface area contributed by atoms with E-state index in [1.54, 1.807) is 12.1 Å². The Morgan fingerprint density at radius 2 is 1.90 bits per heavy atom. The second kappa shape index (κ2) is 5.63. The lowest BCUT2D eigenvalue weighted by Gasteiger charge is -2.11. The summed E-state index contributed by atoms with van der Waals surface area (Å²) in [6.45, 7) is 1.82. The second-order valence-electron chi connectivity index (χ2n) is 4.25. The van der Waals surface area contributed by atoms with Crippen molar-refractivity contribution in [2.45, 2.75) is 11.8 Å². The highest BCUT2D eigenvalue weighted by Gasteiger charge is 2.16. The molecular formula is C13H12BrClN2O2S. The van der Waals surface area contributed by atoms with Crippen molar-refractivity contribution < 1.29 is 8.42 Å². The Kier molecular flexibility index (Phi) is 4.27. The van der Waals surface area contributed by atoms with Crippen LogP contribution in [0.2, 0.25) is 5.02 Å². The van der Waals surface area contributed by atoms with E-state index in [2.05, 4.69) is 20.7 Å². The maximum Gasteiger partial charge on any atom is 0.261 e. The predicted molar refractivity (Wildman–Crippen MR) is 85.6 cm³/mol. The fraction of sp³-hybridized carbons (Fsp3) is 0.0769. The Morgan fingerprint density at radius 3 is 2.50 bits per heavy atom. The summed E-state index contributed by atoms with van der Waals surface area (Å²) in [5.41, 5.74) is 7.18. The van der Waals surface area contributed by atoms with Gasteiger partial charge in [0, 0.05) is 4.47 Å². The van der Waals surface area contributed by atoms with Crippen LogP contribution < -0.4 is 10.5 Å². The number of aryl methyl sites for hydroxylation is 1. The van der Waals surface area contributed by atoms with Gasteiger partial charge in [0.25, 0.3) is 10.0 Å². The first-order valence-corrected chi connectivity index (χ1v) is 8.29. The summed E-state index contributed by atoms with van der Waals surface area (Å²) in [7, 11) is -3.69. The molecule has 0 aromatic heterocycles. The molecule has 0 bridgehead atoms. The fourth-order valence-electron chi connectivity index (χ4n) is 1.63. The maximum absolute atomic E-state index is 12.3. The van der Waals surface area contributed by atoms with E-state index in [9.17, 15) is 8.42 Å². The van der Waals surface area contributed by atoms with Gasteiger partial charge in [0.05, 0.1) is 21.3 Å². The number of hydrogen-bond acceptors (Lipinski definition) is 3. The van der Waals surface area contributed by atoms with E-state index in [4.69, 9.17) is 17.3 Å². The fourth-order valence-corrected chi connectivity index (χ4v) is 3.39. The van der Waals surface area contributed by atoms with E-state index in [-0.39, 0.29) is 10.6 Å². The largest absolute Gasteiger partial charge is 0.397 e. The van der Waals surface area contributed by atoms with Gasteiger partial charge in [-0.15, -0.1) is 0 Å². The minimum absolute atomic E-state index is 0.0710. The van der Waals surface area contributed by atoms with Crippen LogP contribution in [0.3, 0.4) is 0 Å². The van der Waals surface area contributed by atoms with Gasteiger partial charge >= 0.3 is 0 Å². The van der Waals surface area contributed by atoms with Gasteiger partial charge in [0.1, 0.15) is 0 Å². The lowest BCUT2D eigenvalue weighted by atomic mass is 10.2. The van der Waals surface area contributed by atoms with Gasteiger partial charge in [0.2, 0.25) is 0 Å². The van der Waals surface area contributed by atoms with Crippen LogP contribution in [0.5, 0.6) is 0 Å². The summed E-state index contributed by atoms with van der Waals surface area (Å²) in [5, 5.41) is 0.323. The number of anilines is 2. The highest BCUT2D eigenvalue weighted by Crippen LogP contribution is 2.26. The Morgan fingerprint density at radius 1 is 1.20 bits per heavy atom. The Balaban J connectivity index is 2.38. The average Bonchev–Trinajstić information content (AvgIpc) is 2.36. The molecule has 0 aliphatic rings. The van der Waals surface area contributed by atoms with Crippen LogP contribution in [0.1, 0.15) is 5.56 Å². The predicted octanol–water partition coefficient (Wildman–Crippen LogP) is 3.79. The molecule has 3 N–H and O–H groups in total. The number of nitrogens with one attached hydrogen (secondary N) is 1. The zero-order valence-electron chi connectivity index (χ0n) is 10.5. The summed E-state index contributed by atoms with van der Waals surface area (Å²) in [4.78, 5) is 0.0710. The van der Waals surface area contributed by atoms with Gasteiger partial charge in [-0.25, -0.2) is 8.42 Å². The molecule has 0 atom stereocenters. The second-order valence-corrected chi connectivity index (χ2v) is 7.25. The van der Waals surface area contributed by atoms with E-state index in [1.807, 2.05) is 13.0 Å². The molecule has 2 aromatic carbocycles. The molecule has 2 aromatic rings. The van der Waals surface area contributed by atoms with Crippen LogP contribution in [0.15, 0.2) is 45.8 Å². The number of nitrogen functional groups attached to an aromatic ring is 1. The zero-order valence-corrected chi connectivity index (χ0v) is 13.7. The van der Waals surface area contributed by atoms with Crippen LogP contribution in [0, 0.1) is 6.92 Å². The minimum Gasteiger partial charge on any atom is -0.397 e. The van der Waals surface area contributed by atoms with Gasteiger partial charge in [-0.3, -0.25) is 4.72 Å². The molecule has 4 nitrogen and oxygen atoms in total. The average molecular weight is 376 g/mol. The third-order valence-electron chi connectivity index (χ3n) is 2.71. The molecule has 0 fully saturated rings. The molecule has 2 rings (SSSR count). The normalized spacial score (nSPS) is 11.3. The lowest BCUT2D eigenvalue weighted by molar-refractivity contribution is 0.601. The lowest BCUT2D eigenvalue weighted by Crippen LogP contribution is -2.14. The van der Waals surface area contributed by atoms with E-state index in [0.717, 1.165) is 10.0 Å². The summed E-state index contributed by atoms with van der Waals surface area (Å²) in [6.07, 6.45) is 0. The minimum atomic E-state index is -3.69. The van der Waals surface area contributed by atoms with Crippen molar-refractivity contribution in [1.29, 1.82) is 0 Å². The third kappa shape index (κ3) is 3.26. The Hall–Kier alpha value is -1.24. The molecule has 0 radical (unpaired) electrons. The summed E-state index contributed by atoms with van der Waals surface area (Å²) >= 11 is 9.12. The summed E-state index contributed by atoms with van der Waals surface area (Å²) in [6, 6.07) is 9.49. The monoisotopic (exact) mass is 374 g/mol. The van der Waals surface area contributed by atoms with Gasteiger partial charge in [-0.1, -0.05) is 27.5 Å². The van der Waals surface area contributed by atoms with Crippen molar-refractivity contribution in [3.8, 4) is 0 Å². The topological polar surface area (TPSA) is 72.2 Å². The Bertz CT molecular complexity index is 763. The third-order valence-corrected chi connectivity index (χ3v) is 4.91. The molecule has 0 saturated carbocycles. The van der Waals surface area contributed by atoms with Gasteiger partial charge in [-0.2, -0.15) is 0 Å². The molecule has 0 unspecified atom stereocenters. The van der Waals surface area contributed by atoms with Crippen LogP contribution >= 0.6 is 27.5 Å². The van der Waals surface area contributed by atoms with Crippen LogP contribution in [0.4, 0.5) is 11.4 Å². The molecule has 0 aliphatic carbocycles. The first-order valence-electron chi connectivity index (χ1n) is 5.63. The molecule has 106 valence electrons. The zero-order chi connectivity index (χ0) is 14.9. The van der Waals surface area contributed by atoms with Gasteiger partial charge in [-0.05, 0) is 48.9 Å². The van der Waals surface area contributed by atoms with Crippen molar-refractivity contribution in [3.63, 3.8) is 0 Å². The quantitative estimate of drug-likeness (QED) is 0.802.